The second kappa shape index (κ2) is 16.2. The summed E-state index contributed by atoms with van der Waals surface area (Å²) < 4.78 is 40.0. The number of hydrogen-bond acceptors (Lipinski definition) is 9. The molecule has 17 heteroatoms. The Bertz CT molecular complexity index is 2200. The Kier molecular flexibility index (Phi) is 10.8. The van der Waals surface area contributed by atoms with Gasteiger partial charge < -0.3 is 29.5 Å². The van der Waals surface area contributed by atoms with Crippen LogP contribution in [0.2, 0.25) is 5.02 Å². The number of halogens is 3. The number of anilines is 1. The number of fused-ring (bicyclic) bond motifs is 2. The summed E-state index contributed by atoms with van der Waals surface area (Å²) in [5, 5.41) is 11.8. The molecule has 2 unspecified atom stereocenters. The fourth-order valence-electron chi connectivity index (χ4n) is 8.01. The average molecular weight is 788 g/mol. The molecule has 3 aliphatic heterocycles. The van der Waals surface area contributed by atoms with E-state index in [1.165, 1.54) is 46.0 Å². The number of carbonyl (C=O) groups excluding carboxylic acids is 3. The van der Waals surface area contributed by atoms with Crippen molar-refractivity contribution < 1.29 is 32.6 Å². The lowest BCUT2D eigenvalue weighted by molar-refractivity contribution is -0.131. The number of rotatable bonds is 11. The van der Waals surface area contributed by atoms with Gasteiger partial charge in [-0.3, -0.25) is 14.3 Å². The molecule has 8 rings (SSSR count). The van der Waals surface area contributed by atoms with E-state index >= 15 is 0 Å². The third-order valence-corrected chi connectivity index (χ3v) is 11.0. The topological polar surface area (TPSA) is 139 Å². The van der Waals surface area contributed by atoms with E-state index in [0.717, 1.165) is 38.0 Å². The molecule has 0 saturated carbocycles. The van der Waals surface area contributed by atoms with Gasteiger partial charge in [0, 0.05) is 75.0 Å². The molecule has 14 nitrogen and oxygen atoms in total. The SMILES string of the molecule is O=C(Nc1cn(CC(=O)N2CC3CN(CC4CCN(C(=O)OCc5ccccc5)CC4)CC3C2)nc1-c1cc(Cl)ccc1OC(F)F)c1cnn2cccnc12. The van der Waals surface area contributed by atoms with Crippen LogP contribution in [-0.4, -0.2) is 109 Å². The van der Waals surface area contributed by atoms with Crippen molar-refractivity contribution in [3.05, 3.63) is 95.5 Å². The summed E-state index contributed by atoms with van der Waals surface area (Å²) in [5.74, 6) is 0.269. The smallest absolute Gasteiger partial charge is 0.410 e. The van der Waals surface area contributed by atoms with Crippen molar-refractivity contribution in [2.24, 2.45) is 17.8 Å². The molecule has 3 fully saturated rings. The number of nitrogens with zero attached hydrogens (tertiary/aromatic N) is 8. The first-order valence-electron chi connectivity index (χ1n) is 18.5. The van der Waals surface area contributed by atoms with E-state index in [1.54, 1.807) is 17.2 Å². The summed E-state index contributed by atoms with van der Waals surface area (Å²) >= 11 is 6.27. The molecule has 0 aliphatic carbocycles. The number of amides is 3. The van der Waals surface area contributed by atoms with Gasteiger partial charge in [0.15, 0.2) is 5.65 Å². The number of hydrogen-bond donors (Lipinski definition) is 1. The standard InChI is InChI=1S/C39H40ClF2N9O5/c40-29-7-8-33(56-38(41)42)30(15-29)35-32(45-37(53)31-16-44-51-12-4-11-43-36(31)51)22-50(46-35)23-34(52)49-20-27-18-47(19-28(27)21-49)17-25-9-13-48(14-10-25)39(54)55-24-26-5-2-1-3-6-26/h1-8,11-12,15-16,22,25,27-28,38H,9-10,13-14,17-21,23-24H2,(H,45,53). The molecule has 3 saturated heterocycles. The van der Waals surface area contributed by atoms with Gasteiger partial charge in [-0.2, -0.15) is 19.0 Å². The number of nitrogens with one attached hydrogen (secondary N) is 1. The van der Waals surface area contributed by atoms with Crippen LogP contribution in [0.5, 0.6) is 5.75 Å². The van der Waals surface area contributed by atoms with E-state index in [4.69, 9.17) is 21.1 Å². The fourth-order valence-corrected chi connectivity index (χ4v) is 8.18. The van der Waals surface area contributed by atoms with Crippen molar-refractivity contribution in [3.63, 3.8) is 0 Å². The minimum absolute atomic E-state index is 0.0950. The van der Waals surface area contributed by atoms with Crippen LogP contribution in [0.4, 0.5) is 19.3 Å². The van der Waals surface area contributed by atoms with Gasteiger partial charge in [-0.05, 0) is 60.4 Å². The second-order valence-corrected chi connectivity index (χ2v) is 15.0. The predicted molar refractivity (Wildman–Crippen MR) is 201 cm³/mol. The first-order chi connectivity index (χ1) is 27.2. The summed E-state index contributed by atoms with van der Waals surface area (Å²) in [6, 6.07) is 15.5. The minimum atomic E-state index is -3.12. The zero-order valence-corrected chi connectivity index (χ0v) is 31.1. The van der Waals surface area contributed by atoms with Crippen molar-refractivity contribution in [1.29, 1.82) is 0 Å². The highest BCUT2D eigenvalue weighted by molar-refractivity contribution is 6.31. The molecule has 6 heterocycles. The van der Waals surface area contributed by atoms with E-state index in [9.17, 15) is 23.2 Å². The average Bonchev–Trinajstić information content (AvgIpc) is 3.98. The quantitative estimate of drug-likeness (QED) is 0.183. The van der Waals surface area contributed by atoms with Crippen molar-refractivity contribution in [3.8, 4) is 17.0 Å². The largest absolute Gasteiger partial charge is 0.445 e. The van der Waals surface area contributed by atoms with Gasteiger partial charge in [0.2, 0.25) is 5.91 Å². The summed E-state index contributed by atoms with van der Waals surface area (Å²) in [6.07, 6.45) is 7.62. The highest BCUT2D eigenvalue weighted by atomic mass is 35.5. The maximum absolute atomic E-state index is 13.7. The third-order valence-electron chi connectivity index (χ3n) is 10.8. The molecule has 2 aromatic carbocycles. The molecule has 2 atom stereocenters. The molecule has 292 valence electrons. The Morgan fingerprint density at radius 2 is 1.73 bits per heavy atom. The third kappa shape index (κ3) is 8.31. The second-order valence-electron chi connectivity index (χ2n) is 14.5. The van der Waals surface area contributed by atoms with Gasteiger partial charge in [-0.25, -0.2) is 14.3 Å². The lowest BCUT2D eigenvalue weighted by atomic mass is 9.96. The van der Waals surface area contributed by atoms with Crippen LogP contribution in [0.1, 0.15) is 28.8 Å². The van der Waals surface area contributed by atoms with Gasteiger partial charge in [0.05, 0.1) is 11.9 Å². The van der Waals surface area contributed by atoms with Crippen LogP contribution in [0.25, 0.3) is 16.9 Å². The number of piperidine rings is 1. The summed E-state index contributed by atoms with van der Waals surface area (Å²) in [4.78, 5) is 50.2. The molecule has 0 bridgehead atoms. The van der Waals surface area contributed by atoms with Gasteiger partial charge in [0.25, 0.3) is 5.91 Å². The van der Waals surface area contributed by atoms with Crippen molar-refractivity contribution >= 4 is 40.8 Å². The van der Waals surface area contributed by atoms with Gasteiger partial charge >= 0.3 is 12.7 Å². The Labute approximate surface area is 325 Å². The molecular weight excluding hydrogens is 748 g/mol. The van der Waals surface area contributed by atoms with Crippen LogP contribution in [0.3, 0.4) is 0 Å². The Balaban J connectivity index is 0.882. The van der Waals surface area contributed by atoms with Gasteiger partial charge in [-0.15, -0.1) is 0 Å². The molecule has 0 radical (unpaired) electrons. The Hall–Kier alpha value is -5.61. The van der Waals surface area contributed by atoms with E-state index < -0.39 is 12.5 Å². The van der Waals surface area contributed by atoms with E-state index in [1.807, 2.05) is 35.2 Å². The highest BCUT2D eigenvalue weighted by Gasteiger charge is 2.42. The fraction of sp³-hybridized carbons (Fsp3) is 0.385. The van der Waals surface area contributed by atoms with E-state index in [0.29, 0.717) is 49.6 Å². The lowest BCUT2D eigenvalue weighted by Crippen LogP contribution is -2.42. The molecule has 3 amide bonds. The van der Waals surface area contributed by atoms with Gasteiger partial charge in [-0.1, -0.05) is 41.9 Å². The number of benzene rings is 2. The van der Waals surface area contributed by atoms with Crippen molar-refractivity contribution in [1.82, 2.24) is 39.1 Å². The maximum Gasteiger partial charge on any atom is 0.410 e. The number of aromatic nitrogens is 5. The molecule has 56 heavy (non-hydrogen) atoms. The molecule has 5 aromatic rings. The van der Waals surface area contributed by atoms with E-state index in [-0.39, 0.29) is 58.4 Å². The zero-order chi connectivity index (χ0) is 38.8. The predicted octanol–water partition coefficient (Wildman–Crippen LogP) is 5.54. The van der Waals surface area contributed by atoms with Crippen LogP contribution >= 0.6 is 11.6 Å². The lowest BCUT2D eigenvalue weighted by Gasteiger charge is -2.33. The van der Waals surface area contributed by atoms with Crippen LogP contribution in [0.15, 0.2) is 79.4 Å². The summed E-state index contributed by atoms with van der Waals surface area (Å²) in [5.41, 5.74) is 1.83. The van der Waals surface area contributed by atoms with Crippen LogP contribution in [-0.2, 0) is 22.7 Å². The number of ether oxygens (including phenoxy) is 2. The normalized spacial score (nSPS) is 18.8. The first kappa shape index (κ1) is 37.3. The first-order valence-corrected chi connectivity index (χ1v) is 18.9. The van der Waals surface area contributed by atoms with Crippen LogP contribution in [0, 0.1) is 17.8 Å². The van der Waals surface area contributed by atoms with Crippen LogP contribution < -0.4 is 10.1 Å². The monoisotopic (exact) mass is 787 g/mol. The zero-order valence-electron chi connectivity index (χ0n) is 30.3. The molecule has 0 spiro atoms. The summed E-state index contributed by atoms with van der Waals surface area (Å²) in [7, 11) is 0. The molecule has 1 N–H and O–H groups in total. The molecular formula is C39H40ClF2N9O5. The minimum Gasteiger partial charge on any atom is -0.445 e. The highest BCUT2D eigenvalue weighted by Crippen LogP contribution is 2.38. The number of alkyl halides is 2. The molecule has 3 aliphatic rings. The summed E-state index contributed by atoms with van der Waals surface area (Å²) in [6.45, 7) is 2.36. The molecule has 3 aromatic heterocycles. The van der Waals surface area contributed by atoms with Crippen molar-refractivity contribution in [2.45, 2.75) is 32.6 Å². The Morgan fingerprint density at radius 3 is 2.48 bits per heavy atom. The maximum atomic E-state index is 13.7. The Morgan fingerprint density at radius 1 is 0.964 bits per heavy atom. The van der Waals surface area contributed by atoms with Gasteiger partial charge in [0.1, 0.15) is 30.2 Å². The number of likely N-dealkylation sites (tertiary alicyclic amines) is 3. The number of carbonyl (C=O) groups is 3. The van der Waals surface area contributed by atoms with Crippen molar-refractivity contribution in [2.75, 3.05) is 51.1 Å². The van der Waals surface area contributed by atoms with E-state index in [2.05, 4.69) is 25.4 Å².